The second-order valence-electron chi connectivity index (χ2n) is 5.77. The molecule has 2 heteroatoms. The molecule has 1 unspecified atom stereocenters. The Morgan fingerprint density at radius 1 is 1.19 bits per heavy atom. The van der Waals surface area contributed by atoms with E-state index in [9.17, 15) is 0 Å². The van der Waals surface area contributed by atoms with Crippen molar-refractivity contribution >= 4 is 0 Å². The third-order valence-corrected chi connectivity index (χ3v) is 2.48. The second-order valence-corrected chi connectivity index (χ2v) is 5.77. The first-order valence-electron chi connectivity index (χ1n) is 5.87. The van der Waals surface area contributed by atoms with Gasteiger partial charge in [-0.3, -0.25) is 0 Å². The zero-order valence-corrected chi connectivity index (χ0v) is 10.9. The number of benzene rings is 1. The van der Waals surface area contributed by atoms with Crippen molar-refractivity contribution < 1.29 is 0 Å². The zero-order valence-electron chi connectivity index (χ0n) is 10.9. The van der Waals surface area contributed by atoms with E-state index in [1.54, 1.807) is 0 Å². The number of nitrogens with zero attached hydrogens (tertiary/aromatic N) is 1. The highest BCUT2D eigenvalue weighted by Gasteiger charge is 2.15. The summed E-state index contributed by atoms with van der Waals surface area (Å²) in [5.74, 6) is 0. The lowest BCUT2D eigenvalue weighted by molar-refractivity contribution is 0.217. The van der Waals surface area contributed by atoms with E-state index in [1.165, 1.54) is 5.56 Å². The molecule has 0 bridgehead atoms. The monoisotopic (exact) mass is 220 g/mol. The van der Waals surface area contributed by atoms with Crippen LogP contribution >= 0.6 is 0 Å². The minimum absolute atomic E-state index is 0.105. The molecule has 1 atom stereocenters. The molecule has 90 valence electrons. The fraction of sp³-hybridized carbons (Fsp3) is 0.571. The number of nitrogens with two attached hydrogens (primary N) is 1. The lowest BCUT2D eigenvalue weighted by Gasteiger charge is -2.28. The summed E-state index contributed by atoms with van der Waals surface area (Å²) in [4.78, 5) is 2.30. The maximum Gasteiger partial charge on any atom is 0.0424 e. The van der Waals surface area contributed by atoms with E-state index in [4.69, 9.17) is 5.73 Å². The van der Waals surface area contributed by atoms with Gasteiger partial charge in [0, 0.05) is 19.1 Å². The molecule has 0 aliphatic heterocycles. The highest BCUT2D eigenvalue weighted by molar-refractivity contribution is 5.18. The zero-order chi connectivity index (χ0) is 12.2. The summed E-state index contributed by atoms with van der Waals surface area (Å²) < 4.78 is 0. The van der Waals surface area contributed by atoms with Gasteiger partial charge in [0.25, 0.3) is 0 Å². The van der Waals surface area contributed by atoms with Crippen LogP contribution in [0.25, 0.3) is 0 Å². The molecule has 0 amide bonds. The van der Waals surface area contributed by atoms with Gasteiger partial charge in [-0.25, -0.2) is 0 Å². The molecule has 0 spiro atoms. The third kappa shape index (κ3) is 4.77. The van der Waals surface area contributed by atoms with Crippen LogP contribution in [-0.4, -0.2) is 25.0 Å². The average Bonchev–Trinajstić information content (AvgIpc) is 2.16. The predicted molar refractivity (Wildman–Crippen MR) is 70.3 cm³/mol. The van der Waals surface area contributed by atoms with Crippen LogP contribution < -0.4 is 5.73 Å². The van der Waals surface area contributed by atoms with Crippen LogP contribution in [0, 0.1) is 5.41 Å². The molecular weight excluding hydrogens is 196 g/mol. The molecule has 0 heterocycles. The molecule has 1 rings (SSSR count). The van der Waals surface area contributed by atoms with Gasteiger partial charge in [-0.1, -0.05) is 51.1 Å². The number of hydrogen-bond acceptors (Lipinski definition) is 2. The van der Waals surface area contributed by atoms with Crippen molar-refractivity contribution in [3.8, 4) is 0 Å². The minimum Gasteiger partial charge on any atom is -0.323 e. The summed E-state index contributed by atoms with van der Waals surface area (Å²) >= 11 is 0. The van der Waals surface area contributed by atoms with Crippen molar-refractivity contribution in [2.24, 2.45) is 11.1 Å². The maximum absolute atomic E-state index is 6.17. The van der Waals surface area contributed by atoms with Gasteiger partial charge in [-0.2, -0.15) is 0 Å². The molecule has 0 aliphatic rings. The lowest BCUT2D eigenvalue weighted by atomic mass is 9.96. The Morgan fingerprint density at radius 2 is 1.75 bits per heavy atom. The molecule has 1 aromatic carbocycles. The fourth-order valence-electron chi connectivity index (χ4n) is 2.02. The van der Waals surface area contributed by atoms with Crippen LogP contribution in [0.2, 0.25) is 0 Å². The first kappa shape index (κ1) is 13.2. The van der Waals surface area contributed by atoms with E-state index >= 15 is 0 Å². The van der Waals surface area contributed by atoms with Crippen molar-refractivity contribution in [1.29, 1.82) is 0 Å². The normalized spacial score (nSPS) is 14.1. The topological polar surface area (TPSA) is 29.3 Å². The third-order valence-electron chi connectivity index (χ3n) is 2.48. The number of hydrogen-bond donors (Lipinski definition) is 1. The van der Waals surface area contributed by atoms with Crippen LogP contribution in [0.1, 0.15) is 32.4 Å². The second kappa shape index (κ2) is 5.46. The standard InChI is InChI=1S/C14H24N2/c1-14(2,3)11-16(4)10-13(15)12-8-6-5-7-9-12/h5-9,13H,10-11,15H2,1-4H3. The molecule has 0 saturated carbocycles. The molecule has 0 aliphatic carbocycles. The molecule has 16 heavy (non-hydrogen) atoms. The van der Waals surface area contributed by atoms with Gasteiger partial charge in [-0.15, -0.1) is 0 Å². The summed E-state index contributed by atoms with van der Waals surface area (Å²) in [5, 5.41) is 0. The van der Waals surface area contributed by atoms with Gasteiger partial charge in [0.2, 0.25) is 0 Å². The Kier molecular flexibility index (Phi) is 4.51. The van der Waals surface area contributed by atoms with Crippen LogP contribution in [-0.2, 0) is 0 Å². The van der Waals surface area contributed by atoms with Crippen LogP contribution in [0.15, 0.2) is 30.3 Å². The van der Waals surface area contributed by atoms with Gasteiger partial charge in [0.1, 0.15) is 0 Å². The summed E-state index contributed by atoms with van der Waals surface area (Å²) in [6.45, 7) is 8.71. The molecule has 2 nitrogen and oxygen atoms in total. The Morgan fingerprint density at radius 3 is 2.25 bits per heavy atom. The van der Waals surface area contributed by atoms with Crippen molar-refractivity contribution in [3.05, 3.63) is 35.9 Å². The lowest BCUT2D eigenvalue weighted by Crippen LogP contribution is -2.35. The van der Waals surface area contributed by atoms with Gasteiger partial charge < -0.3 is 10.6 Å². The SMILES string of the molecule is CN(CC(N)c1ccccc1)CC(C)(C)C. The number of likely N-dealkylation sites (N-methyl/N-ethyl adjacent to an activating group) is 1. The van der Waals surface area contributed by atoms with Crippen LogP contribution in [0.5, 0.6) is 0 Å². The number of rotatable bonds is 4. The van der Waals surface area contributed by atoms with Crippen molar-refractivity contribution in [3.63, 3.8) is 0 Å². The summed E-state index contributed by atoms with van der Waals surface area (Å²) in [6.07, 6.45) is 0. The Labute approximate surface area is 99.5 Å². The average molecular weight is 220 g/mol. The molecule has 0 saturated heterocycles. The Hall–Kier alpha value is -0.860. The van der Waals surface area contributed by atoms with Crippen molar-refractivity contribution in [1.82, 2.24) is 4.90 Å². The Bertz CT molecular complexity index is 300. The Balaban J connectivity index is 2.49. The van der Waals surface area contributed by atoms with Crippen LogP contribution in [0.4, 0.5) is 0 Å². The first-order valence-corrected chi connectivity index (χ1v) is 5.87. The summed E-state index contributed by atoms with van der Waals surface area (Å²) in [5.41, 5.74) is 7.71. The molecule has 0 fully saturated rings. The maximum atomic E-state index is 6.17. The predicted octanol–water partition coefficient (Wildman–Crippen LogP) is 2.66. The quantitative estimate of drug-likeness (QED) is 0.845. The van der Waals surface area contributed by atoms with Gasteiger partial charge in [0.15, 0.2) is 0 Å². The largest absolute Gasteiger partial charge is 0.323 e. The van der Waals surface area contributed by atoms with Gasteiger partial charge in [0.05, 0.1) is 0 Å². The molecule has 2 N–H and O–H groups in total. The van der Waals surface area contributed by atoms with Crippen molar-refractivity contribution in [2.75, 3.05) is 20.1 Å². The van der Waals surface area contributed by atoms with E-state index in [2.05, 4.69) is 44.9 Å². The van der Waals surface area contributed by atoms with E-state index in [0.29, 0.717) is 5.41 Å². The fourth-order valence-corrected chi connectivity index (χ4v) is 2.02. The molecule has 0 aromatic heterocycles. The van der Waals surface area contributed by atoms with Gasteiger partial charge in [-0.05, 0) is 18.0 Å². The smallest absolute Gasteiger partial charge is 0.0424 e. The molecular formula is C14H24N2. The summed E-state index contributed by atoms with van der Waals surface area (Å²) in [7, 11) is 2.13. The van der Waals surface area contributed by atoms with E-state index < -0.39 is 0 Å². The van der Waals surface area contributed by atoms with Crippen LogP contribution in [0.3, 0.4) is 0 Å². The van der Waals surface area contributed by atoms with Gasteiger partial charge >= 0.3 is 0 Å². The highest BCUT2D eigenvalue weighted by atomic mass is 15.1. The highest BCUT2D eigenvalue weighted by Crippen LogP contribution is 2.16. The van der Waals surface area contributed by atoms with E-state index in [0.717, 1.165) is 13.1 Å². The first-order chi connectivity index (χ1) is 7.38. The summed E-state index contributed by atoms with van der Waals surface area (Å²) in [6, 6.07) is 10.4. The minimum atomic E-state index is 0.105. The van der Waals surface area contributed by atoms with Crippen molar-refractivity contribution in [2.45, 2.75) is 26.8 Å². The van der Waals surface area contributed by atoms with E-state index in [-0.39, 0.29) is 6.04 Å². The molecule has 1 aromatic rings. The molecule has 0 radical (unpaired) electrons. The van der Waals surface area contributed by atoms with E-state index in [1.807, 2.05) is 18.2 Å².